The van der Waals surface area contributed by atoms with Crippen LogP contribution in [0.3, 0.4) is 0 Å². The number of ether oxygens (including phenoxy) is 1. The van der Waals surface area contributed by atoms with E-state index in [9.17, 15) is 18.8 Å². The van der Waals surface area contributed by atoms with Gasteiger partial charge in [-0.05, 0) is 43.3 Å². The van der Waals surface area contributed by atoms with Crippen LogP contribution in [0.15, 0.2) is 64.2 Å². The summed E-state index contributed by atoms with van der Waals surface area (Å²) in [6, 6.07) is 14.9. The van der Waals surface area contributed by atoms with Crippen LogP contribution in [0.5, 0.6) is 5.75 Å². The maximum atomic E-state index is 13.4. The van der Waals surface area contributed by atoms with Crippen LogP contribution in [-0.2, 0) is 17.9 Å². The monoisotopic (exact) mass is 497 g/mol. The number of hydrogen-bond donors (Lipinski definition) is 2. The molecule has 0 fully saturated rings. The van der Waals surface area contributed by atoms with Gasteiger partial charge in [-0.1, -0.05) is 43.7 Å². The van der Waals surface area contributed by atoms with Gasteiger partial charge in [0, 0.05) is 13.1 Å². The number of halogens is 1. The molecule has 1 heterocycles. The molecule has 3 N–H and O–H groups in total. The van der Waals surface area contributed by atoms with Crippen molar-refractivity contribution in [1.29, 1.82) is 0 Å². The molecule has 0 atom stereocenters. The highest BCUT2D eigenvalue weighted by molar-refractivity contribution is 5.96. The van der Waals surface area contributed by atoms with Crippen LogP contribution in [0.2, 0.25) is 0 Å². The van der Waals surface area contributed by atoms with E-state index in [1.54, 1.807) is 11.9 Å². The molecule has 0 aliphatic carbocycles. The van der Waals surface area contributed by atoms with Crippen molar-refractivity contribution in [1.82, 2.24) is 14.5 Å². The predicted octanol–water partition coefficient (Wildman–Crippen LogP) is 2.60. The number of amides is 1. The normalized spacial score (nSPS) is 11.0. The van der Waals surface area contributed by atoms with E-state index in [0.717, 1.165) is 12.0 Å². The Balaban J connectivity index is 1.80. The van der Waals surface area contributed by atoms with Gasteiger partial charge in [0.1, 0.15) is 24.0 Å². The van der Waals surface area contributed by atoms with Crippen molar-refractivity contribution in [3.8, 4) is 5.75 Å². The first-order chi connectivity index (χ1) is 17.3. The van der Waals surface area contributed by atoms with E-state index < -0.39 is 11.2 Å². The second-order valence-electron chi connectivity index (χ2n) is 8.50. The number of aromatic amines is 1. The average Bonchev–Trinajstić information content (AvgIpc) is 2.85. The fraction of sp³-hybridized carbons (Fsp3) is 0.346. The van der Waals surface area contributed by atoms with Gasteiger partial charge in [0.25, 0.3) is 5.56 Å². The predicted molar refractivity (Wildman–Crippen MR) is 138 cm³/mol. The molecule has 1 aromatic heterocycles. The molecule has 0 saturated carbocycles. The Morgan fingerprint density at radius 3 is 2.47 bits per heavy atom. The third-order valence-corrected chi connectivity index (χ3v) is 5.66. The molecule has 0 bridgehead atoms. The van der Waals surface area contributed by atoms with E-state index in [1.165, 1.54) is 33.7 Å². The summed E-state index contributed by atoms with van der Waals surface area (Å²) < 4.78 is 20.0. The number of H-pyrrole nitrogens is 1. The molecule has 36 heavy (non-hydrogen) atoms. The molecule has 0 saturated heterocycles. The number of hydrogen-bond acceptors (Lipinski definition) is 6. The molecular formula is C26H32FN5O4. The minimum Gasteiger partial charge on any atom is -0.492 e. The zero-order valence-electron chi connectivity index (χ0n) is 20.6. The van der Waals surface area contributed by atoms with Crippen molar-refractivity contribution < 1.29 is 13.9 Å². The Hall–Kier alpha value is -3.92. The Morgan fingerprint density at radius 2 is 1.81 bits per heavy atom. The number of likely N-dealkylation sites (N-methyl/N-ethyl adjacent to an activating group) is 1. The summed E-state index contributed by atoms with van der Waals surface area (Å²) in [5.41, 5.74) is 5.74. The molecule has 3 rings (SSSR count). The number of unbranched alkanes of at least 4 members (excludes halogenated alkanes) is 1. The highest BCUT2D eigenvalue weighted by Crippen LogP contribution is 2.20. The van der Waals surface area contributed by atoms with Gasteiger partial charge in [0.15, 0.2) is 5.69 Å². The molecule has 0 aliphatic rings. The maximum absolute atomic E-state index is 13.4. The lowest BCUT2D eigenvalue weighted by Gasteiger charge is -2.27. The summed E-state index contributed by atoms with van der Waals surface area (Å²) in [5, 5.41) is 0. The van der Waals surface area contributed by atoms with Crippen molar-refractivity contribution in [3.63, 3.8) is 0 Å². The lowest BCUT2D eigenvalue weighted by atomic mass is 10.2. The van der Waals surface area contributed by atoms with Crippen LogP contribution in [0, 0.1) is 5.82 Å². The standard InChI is InChI=1S/C26H32FN5O4/c1-3-4-14-31-24(28)23(25(34)29-26(31)35)32(17-19-8-6-5-7-9-19)22(33)18-30(2)15-16-36-21-12-10-20(27)11-13-21/h5-13H,3-4,14-18,28H2,1-2H3,(H,29,34,35). The molecule has 2 aromatic carbocycles. The number of benzene rings is 2. The largest absolute Gasteiger partial charge is 0.492 e. The van der Waals surface area contributed by atoms with Crippen molar-refractivity contribution in [2.24, 2.45) is 0 Å². The van der Waals surface area contributed by atoms with E-state index in [-0.39, 0.29) is 42.9 Å². The van der Waals surface area contributed by atoms with Crippen molar-refractivity contribution in [2.45, 2.75) is 32.9 Å². The van der Waals surface area contributed by atoms with Crippen molar-refractivity contribution in [3.05, 3.63) is 86.8 Å². The Kier molecular flexibility index (Phi) is 9.40. The fourth-order valence-corrected chi connectivity index (χ4v) is 3.68. The van der Waals surface area contributed by atoms with E-state index in [4.69, 9.17) is 10.5 Å². The summed E-state index contributed by atoms with van der Waals surface area (Å²) in [6.45, 7) is 3.09. The number of nitrogens with zero attached hydrogens (tertiary/aromatic N) is 3. The molecule has 0 unspecified atom stereocenters. The molecule has 10 heteroatoms. The Labute approximate surface area is 208 Å². The SMILES string of the molecule is CCCCn1c(N)c(N(Cc2ccccc2)C(=O)CN(C)CCOc2ccc(F)cc2)c(=O)[nH]c1=O. The smallest absolute Gasteiger partial charge is 0.330 e. The molecule has 0 radical (unpaired) electrons. The van der Waals surface area contributed by atoms with Gasteiger partial charge in [0.05, 0.1) is 13.1 Å². The van der Waals surface area contributed by atoms with Crippen LogP contribution >= 0.6 is 0 Å². The van der Waals surface area contributed by atoms with E-state index in [0.29, 0.717) is 25.3 Å². The van der Waals surface area contributed by atoms with Crippen LogP contribution in [0.4, 0.5) is 15.9 Å². The Bertz CT molecular complexity index is 1260. The van der Waals surface area contributed by atoms with Gasteiger partial charge in [-0.15, -0.1) is 0 Å². The second-order valence-corrected chi connectivity index (χ2v) is 8.50. The summed E-state index contributed by atoms with van der Waals surface area (Å²) in [4.78, 5) is 44.1. The number of aromatic nitrogens is 2. The number of rotatable bonds is 12. The topological polar surface area (TPSA) is 114 Å². The summed E-state index contributed by atoms with van der Waals surface area (Å²) in [5.74, 6) is -0.223. The Morgan fingerprint density at radius 1 is 1.11 bits per heavy atom. The molecule has 3 aromatic rings. The number of nitrogens with one attached hydrogen (secondary N) is 1. The number of carbonyl (C=O) groups is 1. The molecule has 1 amide bonds. The van der Waals surface area contributed by atoms with Gasteiger partial charge in [-0.3, -0.25) is 28.9 Å². The first-order valence-electron chi connectivity index (χ1n) is 11.8. The molecular weight excluding hydrogens is 465 g/mol. The highest BCUT2D eigenvalue weighted by Gasteiger charge is 2.25. The minimum absolute atomic E-state index is 0.0213. The zero-order chi connectivity index (χ0) is 26.1. The van der Waals surface area contributed by atoms with Crippen LogP contribution in [0.25, 0.3) is 0 Å². The lowest BCUT2D eigenvalue weighted by molar-refractivity contribution is -0.119. The van der Waals surface area contributed by atoms with Gasteiger partial charge in [-0.2, -0.15) is 0 Å². The van der Waals surface area contributed by atoms with Crippen molar-refractivity contribution in [2.75, 3.05) is 37.4 Å². The van der Waals surface area contributed by atoms with Crippen molar-refractivity contribution >= 4 is 17.4 Å². The molecule has 0 aliphatic heterocycles. The van der Waals surface area contributed by atoms with E-state index in [1.807, 2.05) is 37.3 Å². The van der Waals surface area contributed by atoms with E-state index in [2.05, 4.69) is 4.98 Å². The zero-order valence-corrected chi connectivity index (χ0v) is 20.6. The number of carbonyl (C=O) groups excluding carboxylic acids is 1. The second kappa shape index (κ2) is 12.7. The minimum atomic E-state index is -0.711. The maximum Gasteiger partial charge on any atom is 0.330 e. The van der Waals surface area contributed by atoms with Crippen LogP contribution in [0.1, 0.15) is 25.3 Å². The van der Waals surface area contributed by atoms with Gasteiger partial charge in [-0.25, -0.2) is 9.18 Å². The number of anilines is 2. The van der Waals surface area contributed by atoms with Gasteiger partial charge in [0.2, 0.25) is 5.91 Å². The third kappa shape index (κ3) is 7.05. The summed E-state index contributed by atoms with van der Waals surface area (Å²) >= 11 is 0. The third-order valence-electron chi connectivity index (χ3n) is 5.66. The van der Waals surface area contributed by atoms with Crippen LogP contribution in [-0.4, -0.2) is 47.1 Å². The summed E-state index contributed by atoms with van der Waals surface area (Å²) in [7, 11) is 1.75. The first-order valence-corrected chi connectivity index (χ1v) is 11.8. The fourth-order valence-electron chi connectivity index (χ4n) is 3.68. The quantitative estimate of drug-likeness (QED) is 0.398. The molecule has 0 spiro atoms. The number of nitrogen functional groups attached to an aromatic ring is 1. The number of nitrogens with two attached hydrogens (primary N) is 1. The summed E-state index contributed by atoms with van der Waals surface area (Å²) in [6.07, 6.45) is 1.52. The van der Waals surface area contributed by atoms with E-state index >= 15 is 0 Å². The van der Waals surface area contributed by atoms with Gasteiger partial charge < -0.3 is 10.5 Å². The molecule has 192 valence electrons. The van der Waals surface area contributed by atoms with Gasteiger partial charge >= 0.3 is 5.69 Å². The highest BCUT2D eigenvalue weighted by atomic mass is 19.1. The lowest BCUT2D eigenvalue weighted by Crippen LogP contribution is -2.44. The first kappa shape index (κ1) is 26.7. The van der Waals surface area contributed by atoms with Crippen LogP contribution < -0.4 is 26.6 Å². The molecule has 9 nitrogen and oxygen atoms in total. The average molecular weight is 498 g/mol.